The number of nitrogens with zero attached hydrogens (tertiary/aromatic N) is 2. The van der Waals surface area contributed by atoms with Crippen molar-refractivity contribution in [2.45, 2.75) is 5.92 Å². The van der Waals surface area contributed by atoms with E-state index in [0.29, 0.717) is 0 Å². The largest absolute Gasteiger partial charge is 0.285 e. The van der Waals surface area contributed by atoms with Gasteiger partial charge >= 0.3 is 0 Å². The second kappa shape index (κ2) is 1.37. The third-order valence-electron chi connectivity index (χ3n) is 0.943. The Morgan fingerprint density at radius 2 is 2.00 bits per heavy atom. The Morgan fingerprint density at radius 3 is 2.12 bits per heavy atom. The van der Waals surface area contributed by atoms with Gasteiger partial charge in [-0.05, 0) is 0 Å². The van der Waals surface area contributed by atoms with Gasteiger partial charge in [-0.1, -0.05) is 0 Å². The van der Waals surface area contributed by atoms with Crippen LogP contribution in [-0.4, -0.2) is 24.0 Å². The summed E-state index contributed by atoms with van der Waals surface area (Å²) < 4.78 is 23.5. The lowest BCUT2D eigenvalue weighted by atomic mass is 10.2. The van der Waals surface area contributed by atoms with Crippen LogP contribution in [0.2, 0.25) is 0 Å². The second-order valence-corrected chi connectivity index (χ2v) is 1.76. The van der Waals surface area contributed by atoms with E-state index in [9.17, 15) is 13.7 Å². The first-order chi connectivity index (χ1) is 3.64. The zero-order valence-corrected chi connectivity index (χ0v) is 3.97. The lowest BCUT2D eigenvalue weighted by Crippen LogP contribution is -2.52. The first-order valence-electron chi connectivity index (χ1n) is 2.10. The van der Waals surface area contributed by atoms with E-state index in [4.69, 9.17) is 0 Å². The molecule has 1 aliphatic rings. The quantitative estimate of drug-likeness (QED) is 0.477. The highest BCUT2D eigenvalue weighted by molar-refractivity contribution is 4.83. The van der Waals surface area contributed by atoms with Crippen LogP contribution in [0.15, 0.2) is 5.29 Å². The molecule has 0 aromatic rings. The summed E-state index contributed by atoms with van der Waals surface area (Å²) in [6.45, 7) is -1.03. The Labute approximate surface area is 44.2 Å². The molecule has 0 unspecified atom stereocenters. The molecular formula is C3H4F2N2O. The molecule has 1 saturated heterocycles. The molecule has 1 fully saturated rings. The van der Waals surface area contributed by atoms with Gasteiger partial charge in [0.05, 0.1) is 5.29 Å². The number of hydrogen-bond donors (Lipinski definition) is 0. The van der Waals surface area contributed by atoms with Gasteiger partial charge in [0.2, 0.25) is 0 Å². The molecule has 0 atom stereocenters. The van der Waals surface area contributed by atoms with E-state index in [1.807, 2.05) is 0 Å². The number of halogens is 2. The lowest BCUT2D eigenvalue weighted by molar-refractivity contribution is -0.130. The molecule has 1 rings (SSSR count). The Bertz CT molecular complexity index is 108. The summed E-state index contributed by atoms with van der Waals surface area (Å²) in [7, 11) is 0. The standard InChI is InChI=1S/C3H4F2N2O/c4-3(5)1-7(2-3)6-8/h1-2H2. The van der Waals surface area contributed by atoms with Gasteiger partial charge in [0, 0.05) is 0 Å². The molecule has 0 aromatic carbocycles. The van der Waals surface area contributed by atoms with Gasteiger partial charge in [-0.2, -0.15) is 0 Å². The molecule has 8 heavy (non-hydrogen) atoms. The smallest absolute Gasteiger partial charge is 0.249 e. The summed E-state index contributed by atoms with van der Waals surface area (Å²) in [6.07, 6.45) is 0. The molecule has 0 aromatic heterocycles. The van der Waals surface area contributed by atoms with E-state index < -0.39 is 19.0 Å². The van der Waals surface area contributed by atoms with Gasteiger partial charge in [0.15, 0.2) is 0 Å². The molecule has 46 valence electrons. The average Bonchev–Trinajstić information content (AvgIpc) is 1.60. The van der Waals surface area contributed by atoms with Crippen molar-refractivity contribution in [2.24, 2.45) is 5.29 Å². The maximum atomic E-state index is 11.7. The van der Waals surface area contributed by atoms with Crippen LogP contribution in [0.4, 0.5) is 8.78 Å². The normalized spacial score (nSPS) is 24.5. The van der Waals surface area contributed by atoms with E-state index in [1.165, 1.54) is 0 Å². The number of nitroso groups, excluding NO2 is 1. The number of hydrogen-bond acceptors (Lipinski definition) is 2. The van der Waals surface area contributed by atoms with Crippen LogP contribution < -0.4 is 0 Å². The third kappa shape index (κ3) is 0.753. The molecule has 0 amide bonds. The van der Waals surface area contributed by atoms with Gasteiger partial charge in [-0.3, -0.25) is 0 Å². The fraction of sp³-hybridized carbons (Fsp3) is 1.00. The molecule has 0 spiro atoms. The van der Waals surface area contributed by atoms with Crippen molar-refractivity contribution in [3.05, 3.63) is 4.91 Å². The highest BCUT2D eigenvalue weighted by atomic mass is 19.3. The van der Waals surface area contributed by atoms with E-state index in [-0.39, 0.29) is 0 Å². The maximum absolute atomic E-state index is 11.7. The molecule has 0 saturated carbocycles. The summed E-state index contributed by atoms with van der Waals surface area (Å²) in [5, 5.41) is 3.07. The zero-order valence-electron chi connectivity index (χ0n) is 3.97. The van der Waals surface area contributed by atoms with Crippen molar-refractivity contribution in [3.63, 3.8) is 0 Å². The molecule has 0 radical (unpaired) electrons. The summed E-state index contributed by atoms with van der Waals surface area (Å²) in [6, 6.07) is 0. The molecule has 0 bridgehead atoms. The third-order valence-corrected chi connectivity index (χ3v) is 0.943. The first kappa shape index (κ1) is 5.40. The maximum Gasteiger partial charge on any atom is 0.285 e. The predicted octanol–water partition coefficient (Wildman–Crippen LogP) is 0.619. The SMILES string of the molecule is O=NN1CC(F)(F)C1. The van der Waals surface area contributed by atoms with Crippen LogP contribution in [0.25, 0.3) is 0 Å². The Balaban J connectivity index is 2.31. The molecule has 1 heterocycles. The van der Waals surface area contributed by atoms with E-state index in [0.717, 1.165) is 5.01 Å². The van der Waals surface area contributed by atoms with Crippen LogP contribution in [0.5, 0.6) is 0 Å². The molecule has 0 aliphatic carbocycles. The summed E-state index contributed by atoms with van der Waals surface area (Å²) >= 11 is 0. The van der Waals surface area contributed by atoms with Gasteiger partial charge < -0.3 is 0 Å². The van der Waals surface area contributed by atoms with Gasteiger partial charge in [0.1, 0.15) is 13.1 Å². The molecular weight excluding hydrogens is 118 g/mol. The van der Waals surface area contributed by atoms with Crippen molar-refractivity contribution in [2.75, 3.05) is 13.1 Å². The van der Waals surface area contributed by atoms with Crippen molar-refractivity contribution >= 4 is 0 Å². The average molecular weight is 122 g/mol. The first-order valence-corrected chi connectivity index (χ1v) is 2.10. The van der Waals surface area contributed by atoms with Crippen LogP contribution in [0, 0.1) is 4.91 Å². The summed E-state index contributed by atoms with van der Waals surface area (Å²) in [5.74, 6) is -2.67. The fourth-order valence-electron chi connectivity index (χ4n) is 0.545. The van der Waals surface area contributed by atoms with Crippen molar-refractivity contribution in [1.82, 2.24) is 5.01 Å². The summed E-state index contributed by atoms with van der Waals surface area (Å²) in [4.78, 5) is 9.42. The van der Waals surface area contributed by atoms with E-state index in [1.54, 1.807) is 0 Å². The minimum absolute atomic E-state index is 0.517. The molecule has 5 heteroatoms. The van der Waals surface area contributed by atoms with Gasteiger partial charge in [-0.25, -0.2) is 13.8 Å². The van der Waals surface area contributed by atoms with Gasteiger partial charge in [-0.15, -0.1) is 4.91 Å². The molecule has 3 nitrogen and oxygen atoms in total. The predicted molar refractivity (Wildman–Crippen MR) is 22.3 cm³/mol. The number of rotatable bonds is 1. The van der Waals surface area contributed by atoms with Crippen LogP contribution in [0.1, 0.15) is 0 Å². The van der Waals surface area contributed by atoms with Gasteiger partial charge in [0.25, 0.3) is 5.92 Å². The van der Waals surface area contributed by atoms with Crippen molar-refractivity contribution in [1.29, 1.82) is 0 Å². The summed E-state index contributed by atoms with van der Waals surface area (Å²) in [5.41, 5.74) is 0. The van der Waals surface area contributed by atoms with Crippen LogP contribution >= 0.6 is 0 Å². The minimum Gasteiger partial charge on any atom is -0.249 e. The van der Waals surface area contributed by atoms with Crippen molar-refractivity contribution in [3.8, 4) is 0 Å². The lowest BCUT2D eigenvalue weighted by Gasteiger charge is -2.33. The molecule has 0 N–H and O–H groups in total. The highest BCUT2D eigenvalue weighted by Gasteiger charge is 2.44. The minimum atomic E-state index is -2.67. The van der Waals surface area contributed by atoms with Crippen molar-refractivity contribution < 1.29 is 8.78 Å². The van der Waals surface area contributed by atoms with E-state index in [2.05, 4.69) is 5.29 Å². The number of alkyl halides is 2. The Morgan fingerprint density at radius 1 is 1.50 bits per heavy atom. The Hall–Kier alpha value is -0.740. The van der Waals surface area contributed by atoms with E-state index >= 15 is 0 Å². The van der Waals surface area contributed by atoms with Crippen LogP contribution in [-0.2, 0) is 0 Å². The zero-order chi connectivity index (χ0) is 6.20. The highest BCUT2D eigenvalue weighted by Crippen LogP contribution is 2.25. The topological polar surface area (TPSA) is 32.7 Å². The molecule has 1 aliphatic heterocycles. The second-order valence-electron chi connectivity index (χ2n) is 1.76. The monoisotopic (exact) mass is 122 g/mol. The van der Waals surface area contributed by atoms with Crippen LogP contribution in [0.3, 0.4) is 0 Å². The Kier molecular flexibility index (Phi) is 0.922. The fourth-order valence-corrected chi connectivity index (χ4v) is 0.545.